The van der Waals surface area contributed by atoms with Crippen molar-refractivity contribution >= 4 is 23.3 Å². The molecule has 1 aromatic heterocycles. The second-order valence-corrected chi connectivity index (χ2v) is 11.7. The number of hydrogen-bond acceptors (Lipinski definition) is 8. The summed E-state index contributed by atoms with van der Waals surface area (Å²) in [6.45, 7) is 9.54. The summed E-state index contributed by atoms with van der Waals surface area (Å²) in [5.41, 5.74) is 3.53. The van der Waals surface area contributed by atoms with Crippen molar-refractivity contribution in [2.24, 2.45) is 10.9 Å². The van der Waals surface area contributed by atoms with Crippen LogP contribution in [0.3, 0.4) is 0 Å². The van der Waals surface area contributed by atoms with Crippen LogP contribution in [0.2, 0.25) is 0 Å². The molecule has 0 saturated carbocycles. The van der Waals surface area contributed by atoms with Crippen molar-refractivity contribution in [2.75, 3.05) is 64.9 Å². The zero-order valence-electron chi connectivity index (χ0n) is 25.9. The van der Waals surface area contributed by atoms with Gasteiger partial charge in [-0.15, -0.1) is 0 Å². The van der Waals surface area contributed by atoms with Crippen LogP contribution in [-0.4, -0.2) is 91.0 Å². The number of anilines is 1. The van der Waals surface area contributed by atoms with Crippen molar-refractivity contribution in [1.82, 2.24) is 19.4 Å². The lowest BCUT2D eigenvalue weighted by molar-refractivity contribution is -0.146. The first kappa shape index (κ1) is 30.6. The molecule has 3 aromatic rings. The first-order valence-corrected chi connectivity index (χ1v) is 15.4. The van der Waals surface area contributed by atoms with Crippen LogP contribution in [-0.2, 0) is 22.5 Å². The molecule has 0 bridgehead atoms. The van der Waals surface area contributed by atoms with Crippen LogP contribution >= 0.6 is 0 Å². The van der Waals surface area contributed by atoms with Gasteiger partial charge in [0.05, 0.1) is 6.61 Å². The highest BCUT2D eigenvalue weighted by Crippen LogP contribution is 2.46. The Kier molecular flexibility index (Phi) is 10.0. The molecule has 0 aliphatic carbocycles. The van der Waals surface area contributed by atoms with Crippen LogP contribution in [0.1, 0.15) is 42.9 Å². The van der Waals surface area contributed by atoms with Crippen LogP contribution in [0.15, 0.2) is 70.5 Å². The molecule has 0 N–H and O–H groups in total. The fourth-order valence-electron chi connectivity index (χ4n) is 6.25. The number of nitrogens with zero attached hydrogens (tertiary/aromatic N) is 6. The van der Waals surface area contributed by atoms with E-state index in [0.717, 1.165) is 63.2 Å². The zero-order chi connectivity index (χ0) is 30.3. The van der Waals surface area contributed by atoms with Gasteiger partial charge in [0.1, 0.15) is 17.6 Å². The average Bonchev–Trinajstić information content (AvgIpc) is 3.01. The summed E-state index contributed by atoms with van der Waals surface area (Å²) in [5.74, 6) is -0.00854. The number of ether oxygens (including phenoxy) is 1. The molecule has 43 heavy (non-hydrogen) atoms. The lowest BCUT2D eigenvalue weighted by Crippen LogP contribution is -2.48. The number of carbonyl (C=O) groups is 1. The molecule has 3 heterocycles. The van der Waals surface area contributed by atoms with Crippen LogP contribution < -0.4 is 10.6 Å². The highest BCUT2D eigenvalue weighted by molar-refractivity contribution is 6.05. The van der Waals surface area contributed by atoms with Crippen molar-refractivity contribution in [3.63, 3.8) is 0 Å². The molecular weight excluding hydrogens is 540 g/mol. The van der Waals surface area contributed by atoms with E-state index in [1.165, 1.54) is 5.56 Å². The number of fused-ring (bicyclic) bond motifs is 1. The van der Waals surface area contributed by atoms with Crippen LogP contribution in [0.25, 0.3) is 0 Å². The van der Waals surface area contributed by atoms with Crippen molar-refractivity contribution in [1.29, 1.82) is 0 Å². The van der Waals surface area contributed by atoms with Gasteiger partial charge in [-0.1, -0.05) is 60.7 Å². The van der Waals surface area contributed by atoms with E-state index in [-0.39, 0.29) is 24.2 Å². The molecular formula is C34H44N6O3. The third-order valence-electron chi connectivity index (χ3n) is 8.46. The zero-order valence-corrected chi connectivity index (χ0v) is 25.9. The molecule has 0 spiro atoms. The molecule has 2 unspecified atom stereocenters. The normalized spacial score (nSPS) is 18.8. The highest BCUT2D eigenvalue weighted by Gasteiger charge is 2.43. The Balaban J connectivity index is 1.53. The largest absolute Gasteiger partial charge is 0.465 e. The Morgan fingerprint density at radius 1 is 0.977 bits per heavy atom. The molecule has 5 rings (SSSR count). The predicted octanol–water partition coefficient (Wildman–Crippen LogP) is 3.98. The van der Waals surface area contributed by atoms with Gasteiger partial charge in [0.15, 0.2) is 0 Å². The van der Waals surface area contributed by atoms with E-state index in [0.29, 0.717) is 23.9 Å². The minimum atomic E-state index is -0.602. The van der Waals surface area contributed by atoms with E-state index >= 15 is 0 Å². The summed E-state index contributed by atoms with van der Waals surface area (Å²) >= 11 is 0. The van der Waals surface area contributed by atoms with Crippen LogP contribution in [0.4, 0.5) is 11.6 Å². The summed E-state index contributed by atoms with van der Waals surface area (Å²) in [4.78, 5) is 43.7. The van der Waals surface area contributed by atoms with E-state index < -0.39 is 5.92 Å². The molecule has 2 aromatic carbocycles. The fourth-order valence-corrected chi connectivity index (χ4v) is 6.25. The standard InChI is InChI=1S/C34H44N6O3/c1-5-43-33(41)28-25(2)35-32-30(29(28)27-15-10-7-11-16-27)31(36-34(42)40(32)19-12-18-37(3)4)39-23-21-38(22-24-39)20-17-26-13-8-6-9-14-26/h6-11,13-16,28-29H,5,12,17-24H2,1-4H3. The van der Waals surface area contributed by atoms with Crippen molar-refractivity contribution in [3.8, 4) is 0 Å². The second-order valence-electron chi connectivity index (χ2n) is 11.7. The summed E-state index contributed by atoms with van der Waals surface area (Å²) in [6, 6.07) is 20.6. The van der Waals surface area contributed by atoms with Crippen molar-refractivity contribution < 1.29 is 9.53 Å². The number of piperazine rings is 1. The molecule has 9 nitrogen and oxygen atoms in total. The molecule has 9 heteroatoms. The molecule has 0 amide bonds. The van der Waals surface area contributed by atoms with E-state index in [9.17, 15) is 9.59 Å². The predicted molar refractivity (Wildman–Crippen MR) is 172 cm³/mol. The third kappa shape index (κ3) is 7.05. The second kappa shape index (κ2) is 14.1. The molecule has 1 fully saturated rings. The maximum absolute atomic E-state index is 13.7. The first-order chi connectivity index (χ1) is 20.9. The minimum Gasteiger partial charge on any atom is -0.465 e. The molecule has 2 aliphatic heterocycles. The molecule has 2 aliphatic rings. The van der Waals surface area contributed by atoms with Gasteiger partial charge in [-0.3, -0.25) is 14.3 Å². The number of carbonyl (C=O) groups excluding carboxylic acids is 1. The maximum atomic E-state index is 13.7. The fraction of sp³-hybridized carbons (Fsp3) is 0.471. The van der Waals surface area contributed by atoms with Gasteiger partial charge in [0.25, 0.3) is 0 Å². The summed E-state index contributed by atoms with van der Waals surface area (Å²) in [5, 5.41) is 0. The van der Waals surface area contributed by atoms with E-state index in [2.05, 4.69) is 39.0 Å². The Labute approximate surface area is 254 Å². The Bertz CT molecular complexity index is 1460. The number of benzene rings is 2. The maximum Gasteiger partial charge on any atom is 0.351 e. The van der Waals surface area contributed by atoms with Gasteiger partial charge >= 0.3 is 11.7 Å². The molecule has 0 radical (unpaired) electrons. The number of aliphatic imine (C=N–C) groups is 1. The molecule has 2 atom stereocenters. The topological polar surface area (TPSA) is 83.3 Å². The van der Waals surface area contributed by atoms with Crippen LogP contribution in [0, 0.1) is 5.92 Å². The van der Waals surface area contributed by atoms with Crippen LogP contribution in [0.5, 0.6) is 0 Å². The molecule has 1 saturated heterocycles. The van der Waals surface area contributed by atoms with Gasteiger partial charge < -0.3 is 14.5 Å². The average molecular weight is 585 g/mol. The lowest BCUT2D eigenvalue weighted by Gasteiger charge is -2.39. The van der Waals surface area contributed by atoms with E-state index in [4.69, 9.17) is 14.7 Å². The van der Waals surface area contributed by atoms with E-state index in [1.54, 1.807) is 4.57 Å². The summed E-state index contributed by atoms with van der Waals surface area (Å²) in [7, 11) is 4.05. The van der Waals surface area contributed by atoms with Crippen molar-refractivity contribution in [3.05, 3.63) is 87.8 Å². The van der Waals surface area contributed by atoms with Gasteiger partial charge in [-0.25, -0.2) is 9.79 Å². The van der Waals surface area contributed by atoms with Crippen molar-refractivity contribution in [2.45, 2.75) is 39.2 Å². The first-order valence-electron chi connectivity index (χ1n) is 15.4. The monoisotopic (exact) mass is 584 g/mol. The Morgan fingerprint density at radius 3 is 2.30 bits per heavy atom. The summed E-state index contributed by atoms with van der Waals surface area (Å²) < 4.78 is 7.30. The Morgan fingerprint density at radius 2 is 1.65 bits per heavy atom. The third-order valence-corrected chi connectivity index (χ3v) is 8.46. The smallest absolute Gasteiger partial charge is 0.351 e. The highest BCUT2D eigenvalue weighted by atomic mass is 16.5. The molecule has 228 valence electrons. The van der Waals surface area contributed by atoms with Gasteiger partial charge in [0, 0.05) is 56.5 Å². The lowest BCUT2D eigenvalue weighted by atomic mass is 9.76. The van der Waals surface area contributed by atoms with Gasteiger partial charge in [0.2, 0.25) is 0 Å². The summed E-state index contributed by atoms with van der Waals surface area (Å²) in [6.07, 6.45) is 1.79. The Hall–Kier alpha value is -3.82. The van der Waals surface area contributed by atoms with E-state index in [1.807, 2.05) is 64.3 Å². The SMILES string of the molecule is CCOC(=O)C1C(C)=Nc2c(c(N3CCN(CCc4ccccc4)CC3)nc(=O)n2CCCN(C)C)C1c1ccccc1. The number of esters is 1. The number of hydrogen-bond donors (Lipinski definition) is 0. The van der Waals surface area contributed by atoms with Gasteiger partial charge in [-0.2, -0.15) is 4.98 Å². The number of aromatic nitrogens is 2. The quantitative estimate of drug-likeness (QED) is 0.316. The minimum absolute atomic E-state index is 0.289. The number of rotatable bonds is 11. The van der Waals surface area contributed by atoms with Gasteiger partial charge in [-0.05, 0) is 58.5 Å².